The second-order valence-electron chi connectivity index (χ2n) is 8.03. The van der Waals surface area contributed by atoms with E-state index in [4.69, 9.17) is 0 Å². The van der Waals surface area contributed by atoms with Crippen molar-refractivity contribution >= 4 is 16.8 Å². The number of carbonyl (C=O) groups is 1. The molecule has 2 aromatic rings. The molecule has 4 atom stereocenters. The van der Waals surface area contributed by atoms with E-state index < -0.39 is 24.5 Å². The number of nitrogens with one attached hydrogen (secondary N) is 2. The van der Waals surface area contributed by atoms with Crippen molar-refractivity contribution in [2.45, 2.75) is 43.7 Å². The van der Waals surface area contributed by atoms with Crippen LogP contribution < -0.4 is 5.32 Å². The van der Waals surface area contributed by atoms with Crippen molar-refractivity contribution in [3.05, 3.63) is 35.5 Å². The quantitative estimate of drug-likeness (QED) is 0.766. The van der Waals surface area contributed by atoms with Crippen LogP contribution in [-0.2, 0) is 11.2 Å². The van der Waals surface area contributed by atoms with Crippen LogP contribution >= 0.6 is 0 Å². The van der Waals surface area contributed by atoms with Crippen LogP contribution in [0.5, 0.6) is 0 Å². The molecule has 5 nitrogen and oxygen atoms in total. The monoisotopic (exact) mass is 377 g/mol. The summed E-state index contributed by atoms with van der Waals surface area (Å²) in [6, 6.07) is 4.92. The Balaban J connectivity index is 1.59. The molecule has 7 heteroatoms. The fourth-order valence-electron chi connectivity index (χ4n) is 4.75. The number of benzene rings is 1. The Morgan fingerprint density at radius 3 is 2.96 bits per heavy atom. The number of fused-ring (bicyclic) bond motifs is 2. The molecule has 146 valence electrons. The summed E-state index contributed by atoms with van der Waals surface area (Å²) in [5, 5.41) is 12.8. The van der Waals surface area contributed by atoms with Crippen LogP contribution in [0.2, 0.25) is 0 Å². The maximum Gasteiger partial charge on any atom is 0.267 e. The van der Waals surface area contributed by atoms with Gasteiger partial charge in [-0.1, -0.05) is 12.1 Å². The minimum absolute atomic E-state index is 0.182. The van der Waals surface area contributed by atoms with Crippen molar-refractivity contribution in [2.75, 3.05) is 20.2 Å². The molecule has 1 aliphatic heterocycles. The van der Waals surface area contributed by atoms with E-state index in [9.17, 15) is 18.7 Å². The van der Waals surface area contributed by atoms with E-state index in [1.807, 2.05) is 13.1 Å². The van der Waals surface area contributed by atoms with Crippen molar-refractivity contribution in [3.63, 3.8) is 0 Å². The Hall–Kier alpha value is -1.99. The molecule has 1 aliphatic carbocycles. The number of hydrogen-bond acceptors (Lipinski definition) is 3. The minimum atomic E-state index is -3.16. The third-order valence-electron chi connectivity index (χ3n) is 6.21. The Bertz CT molecular complexity index is 861. The summed E-state index contributed by atoms with van der Waals surface area (Å²) >= 11 is 0. The molecule has 27 heavy (non-hydrogen) atoms. The molecule has 2 aliphatic rings. The first kappa shape index (κ1) is 18.4. The van der Waals surface area contributed by atoms with Crippen molar-refractivity contribution in [1.29, 1.82) is 0 Å². The maximum absolute atomic E-state index is 13.6. The second-order valence-corrected chi connectivity index (χ2v) is 8.03. The zero-order valence-electron chi connectivity index (χ0n) is 15.5. The van der Waals surface area contributed by atoms with E-state index in [1.54, 1.807) is 0 Å². The topological polar surface area (TPSA) is 68.4 Å². The van der Waals surface area contributed by atoms with Gasteiger partial charge in [-0.05, 0) is 37.1 Å². The SMILES string of the molecule is CN1CC(C(=O)NC(CO)C(C)(F)F)CC2c3cccc4[nH]cc(c34)CC21. The third-order valence-corrected chi connectivity index (χ3v) is 6.21. The van der Waals surface area contributed by atoms with Gasteiger partial charge in [0.05, 0.1) is 12.5 Å². The van der Waals surface area contributed by atoms with Crippen molar-refractivity contribution < 1.29 is 18.7 Å². The highest BCUT2D eigenvalue weighted by molar-refractivity contribution is 5.88. The van der Waals surface area contributed by atoms with Gasteiger partial charge in [-0.3, -0.25) is 4.79 Å². The maximum atomic E-state index is 13.6. The molecule has 2 heterocycles. The summed E-state index contributed by atoms with van der Waals surface area (Å²) in [5.41, 5.74) is 3.62. The van der Waals surface area contributed by atoms with Crippen LogP contribution in [-0.4, -0.2) is 59.1 Å². The molecule has 1 saturated heterocycles. The smallest absolute Gasteiger partial charge is 0.267 e. The van der Waals surface area contributed by atoms with Gasteiger partial charge >= 0.3 is 0 Å². The van der Waals surface area contributed by atoms with Gasteiger partial charge in [0, 0.05) is 42.5 Å². The van der Waals surface area contributed by atoms with Crippen LogP contribution in [0.1, 0.15) is 30.4 Å². The molecule has 0 bridgehead atoms. The highest BCUT2D eigenvalue weighted by atomic mass is 19.3. The number of rotatable bonds is 4. The lowest BCUT2D eigenvalue weighted by atomic mass is 9.72. The van der Waals surface area contributed by atoms with Crippen molar-refractivity contribution in [3.8, 4) is 0 Å². The van der Waals surface area contributed by atoms with E-state index >= 15 is 0 Å². The van der Waals surface area contributed by atoms with E-state index in [-0.39, 0.29) is 11.8 Å². The number of alkyl halides is 2. The van der Waals surface area contributed by atoms with Crippen LogP contribution in [0.25, 0.3) is 10.9 Å². The largest absolute Gasteiger partial charge is 0.394 e. The average molecular weight is 377 g/mol. The van der Waals surface area contributed by atoms with Gasteiger partial charge in [-0.2, -0.15) is 0 Å². The predicted octanol–water partition coefficient (Wildman–Crippen LogP) is 2.26. The summed E-state index contributed by atoms with van der Waals surface area (Å²) in [5.74, 6) is -3.78. The molecule has 1 aromatic carbocycles. The van der Waals surface area contributed by atoms with Crippen LogP contribution in [0, 0.1) is 5.92 Å². The molecule has 0 radical (unpaired) electrons. The van der Waals surface area contributed by atoms with Gasteiger partial charge in [-0.25, -0.2) is 8.78 Å². The lowest BCUT2D eigenvalue weighted by Crippen LogP contribution is -2.55. The van der Waals surface area contributed by atoms with Gasteiger partial charge in [0.25, 0.3) is 5.92 Å². The highest BCUT2D eigenvalue weighted by Crippen LogP contribution is 2.44. The molecular formula is C20H25F2N3O2. The fourth-order valence-corrected chi connectivity index (χ4v) is 4.75. The zero-order chi connectivity index (χ0) is 19.3. The first-order valence-corrected chi connectivity index (χ1v) is 9.37. The zero-order valence-corrected chi connectivity index (χ0v) is 15.5. The fraction of sp³-hybridized carbons (Fsp3) is 0.550. The number of likely N-dealkylation sites (N-methyl/N-ethyl adjacent to an activating group) is 1. The number of aromatic nitrogens is 1. The minimum Gasteiger partial charge on any atom is -0.394 e. The number of H-pyrrole nitrogens is 1. The summed E-state index contributed by atoms with van der Waals surface area (Å²) in [4.78, 5) is 18.2. The number of halogens is 2. The molecular weight excluding hydrogens is 352 g/mol. The molecule has 4 unspecified atom stereocenters. The molecule has 1 fully saturated rings. The number of aliphatic hydroxyl groups is 1. The first-order valence-electron chi connectivity index (χ1n) is 9.37. The Labute approximate surface area is 156 Å². The number of piperidine rings is 1. The highest BCUT2D eigenvalue weighted by Gasteiger charge is 2.43. The number of carbonyl (C=O) groups excluding carboxylic acids is 1. The lowest BCUT2D eigenvalue weighted by Gasteiger charge is -2.45. The van der Waals surface area contributed by atoms with Crippen LogP contribution in [0.4, 0.5) is 8.78 Å². The van der Waals surface area contributed by atoms with Crippen molar-refractivity contribution in [1.82, 2.24) is 15.2 Å². The molecule has 4 rings (SSSR count). The second kappa shape index (κ2) is 6.56. The van der Waals surface area contributed by atoms with Gasteiger partial charge in [-0.15, -0.1) is 0 Å². The number of amides is 1. The summed E-state index contributed by atoms with van der Waals surface area (Å²) in [6.07, 6.45) is 3.60. The van der Waals surface area contributed by atoms with Crippen LogP contribution in [0.15, 0.2) is 24.4 Å². The molecule has 3 N–H and O–H groups in total. The summed E-state index contributed by atoms with van der Waals surface area (Å²) < 4.78 is 27.1. The standard InChI is InChI=1S/C20H25F2N3O2/c1-20(21,22)17(10-26)24-19(27)12-6-14-13-4-3-5-15-18(13)11(8-23-15)7-16(14)25(2)9-12/h3-5,8,12,14,16-17,23,26H,6-7,9-10H2,1-2H3,(H,24,27). The Morgan fingerprint density at radius 2 is 2.26 bits per heavy atom. The van der Waals surface area contributed by atoms with E-state index in [2.05, 4.69) is 33.5 Å². The molecule has 1 amide bonds. The first-order chi connectivity index (χ1) is 12.8. The van der Waals surface area contributed by atoms with Crippen molar-refractivity contribution in [2.24, 2.45) is 5.92 Å². The Kier molecular flexibility index (Phi) is 4.47. The van der Waals surface area contributed by atoms with E-state index in [1.165, 1.54) is 16.5 Å². The van der Waals surface area contributed by atoms with Crippen LogP contribution in [0.3, 0.4) is 0 Å². The van der Waals surface area contributed by atoms with Gasteiger partial charge < -0.3 is 20.3 Å². The molecule has 1 aromatic heterocycles. The number of hydrogen-bond donors (Lipinski definition) is 3. The summed E-state index contributed by atoms with van der Waals surface area (Å²) in [6.45, 7) is 0.457. The Morgan fingerprint density at radius 1 is 1.48 bits per heavy atom. The van der Waals surface area contributed by atoms with E-state index in [0.717, 1.165) is 11.9 Å². The summed E-state index contributed by atoms with van der Waals surface area (Å²) in [7, 11) is 1.99. The van der Waals surface area contributed by atoms with Gasteiger partial charge in [0.2, 0.25) is 5.91 Å². The number of aliphatic hydroxyl groups excluding tert-OH is 1. The normalized spacial score (nSPS) is 26.6. The van der Waals surface area contributed by atoms with Gasteiger partial charge in [0.15, 0.2) is 0 Å². The number of aromatic amines is 1. The lowest BCUT2D eigenvalue weighted by molar-refractivity contribution is -0.132. The van der Waals surface area contributed by atoms with Gasteiger partial charge in [0.1, 0.15) is 6.04 Å². The molecule has 0 saturated carbocycles. The third kappa shape index (κ3) is 3.12. The molecule has 0 spiro atoms. The average Bonchev–Trinajstić information content (AvgIpc) is 3.03. The van der Waals surface area contributed by atoms with E-state index in [0.29, 0.717) is 25.9 Å². The predicted molar refractivity (Wildman–Crippen MR) is 98.9 cm³/mol. The number of nitrogens with zero attached hydrogens (tertiary/aromatic N) is 1. The number of likely N-dealkylation sites (tertiary alicyclic amines) is 1.